The van der Waals surface area contributed by atoms with E-state index in [4.69, 9.17) is 22.1 Å². The van der Waals surface area contributed by atoms with Gasteiger partial charge < -0.3 is 10.5 Å². The van der Waals surface area contributed by atoms with Crippen molar-refractivity contribution in [1.82, 2.24) is 0 Å². The maximum absolute atomic E-state index is 5.86. The first-order valence-corrected chi connectivity index (χ1v) is 4.23. The minimum atomic E-state index is 0.00454. The van der Waals surface area contributed by atoms with Gasteiger partial charge in [-0.3, -0.25) is 0 Å². The lowest BCUT2D eigenvalue weighted by Gasteiger charge is -2.12. The summed E-state index contributed by atoms with van der Waals surface area (Å²) in [7, 11) is 0. The SMILES string of the molecule is C[C@@H](CN)Oc1ccccc1Cl. The molecule has 1 atom stereocenters. The molecule has 2 N–H and O–H groups in total. The number of halogens is 1. The number of para-hydroxylation sites is 1. The van der Waals surface area contributed by atoms with Crippen LogP contribution in [0.25, 0.3) is 0 Å². The summed E-state index contributed by atoms with van der Waals surface area (Å²) < 4.78 is 5.44. The summed E-state index contributed by atoms with van der Waals surface area (Å²) >= 11 is 5.86. The largest absolute Gasteiger partial charge is 0.488 e. The molecule has 0 aliphatic heterocycles. The lowest BCUT2D eigenvalue weighted by molar-refractivity contribution is 0.230. The highest BCUT2D eigenvalue weighted by atomic mass is 35.5. The van der Waals surface area contributed by atoms with E-state index in [-0.39, 0.29) is 6.10 Å². The maximum atomic E-state index is 5.86. The summed E-state index contributed by atoms with van der Waals surface area (Å²) in [6, 6.07) is 7.36. The van der Waals surface area contributed by atoms with Gasteiger partial charge in [-0.15, -0.1) is 0 Å². The van der Waals surface area contributed by atoms with E-state index in [1.807, 2.05) is 25.1 Å². The Morgan fingerprint density at radius 1 is 1.50 bits per heavy atom. The number of rotatable bonds is 3. The summed E-state index contributed by atoms with van der Waals surface area (Å²) in [6.45, 7) is 2.40. The number of hydrogen-bond donors (Lipinski definition) is 1. The molecule has 2 nitrogen and oxygen atoms in total. The molecule has 1 rings (SSSR count). The number of benzene rings is 1. The van der Waals surface area contributed by atoms with Gasteiger partial charge in [-0.2, -0.15) is 0 Å². The van der Waals surface area contributed by atoms with Crippen LogP contribution in [0.1, 0.15) is 6.92 Å². The summed E-state index contributed by atoms with van der Waals surface area (Å²) in [5.74, 6) is 0.692. The molecular formula is C9H12ClNO. The Balaban J connectivity index is 2.69. The fourth-order valence-corrected chi connectivity index (χ4v) is 0.985. The van der Waals surface area contributed by atoms with E-state index in [1.54, 1.807) is 6.07 Å². The van der Waals surface area contributed by atoms with Gasteiger partial charge in [-0.25, -0.2) is 0 Å². The van der Waals surface area contributed by atoms with Gasteiger partial charge in [0.2, 0.25) is 0 Å². The lowest BCUT2D eigenvalue weighted by Crippen LogP contribution is -2.22. The second kappa shape index (κ2) is 4.33. The van der Waals surface area contributed by atoms with Gasteiger partial charge >= 0.3 is 0 Å². The smallest absolute Gasteiger partial charge is 0.138 e. The summed E-state index contributed by atoms with van der Waals surface area (Å²) in [6.07, 6.45) is 0.00454. The van der Waals surface area contributed by atoms with Crippen LogP contribution in [0.2, 0.25) is 5.02 Å². The third-order valence-electron chi connectivity index (χ3n) is 1.50. The second-order valence-electron chi connectivity index (χ2n) is 2.59. The van der Waals surface area contributed by atoms with Crippen molar-refractivity contribution < 1.29 is 4.74 Å². The average Bonchev–Trinajstić information content (AvgIpc) is 2.09. The highest BCUT2D eigenvalue weighted by Gasteiger charge is 2.03. The summed E-state index contributed by atoms with van der Waals surface area (Å²) in [5, 5.41) is 0.623. The van der Waals surface area contributed by atoms with E-state index in [9.17, 15) is 0 Å². The summed E-state index contributed by atoms with van der Waals surface area (Å²) in [5.41, 5.74) is 5.40. The van der Waals surface area contributed by atoms with Crippen LogP contribution in [0.5, 0.6) is 5.75 Å². The molecule has 0 amide bonds. The summed E-state index contributed by atoms with van der Waals surface area (Å²) in [4.78, 5) is 0. The quantitative estimate of drug-likeness (QED) is 0.783. The predicted molar refractivity (Wildman–Crippen MR) is 50.6 cm³/mol. The normalized spacial score (nSPS) is 12.6. The Hall–Kier alpha value is -0.730. The van der Waals surface area contributed by atoms with Crippen molar-refractivity contribution in [2.75, 3.05) is 6.54 Å². The van der Waals surface area contributed by atoms with Crippen molar-refractivity contribution in [3.05, 3.63) is 29.3 Å². The van der Waals surface area contributed by atoms with E-state index in [0.29, 0.717) is 17.3 Å². The van der Waals surface area contributed by atoms with Crippen molar-refractivity contribution in [2.24, 2.45) is 5.73 Å². The van der Waals surface area contributed by atoms with Crippen LogP contribution in [0.4, 0.5) is 0 Å². The predicted octanol–water partition coefficient (Wildman–Crippen LogP) is 2.07. The molecular weight excluding hydrogens is 174 g/mol. The molecule has 12 heavy (non-hydrogen) atoms. The van der Waals surface area contributed by atoms with Crippen molar-refractivity contribution in [3.63, 3.8) is 0 Å². The Morgan fingerprint density at radius 3 is 2.75 bits per heavy atom. The zero-order valence-corrected chi connectivity index (χ0v) is 7.71. The molecule has 66 valence electrons. The van der Waals surface area contributed by atoms with Crippen molar-refractivity contribution in [3.8, 4) is 5.75 Å². The Labute approximate surface area is 77.3 Å². The molecule has 0 aromatic heterocycles. The van der Waals surface area contributed by atoms with Gasteiger partial charge in [0.05, 0.1) is 5.02 Å². The van der Waals surface area contributed by atoms with Crippen LogP contribution in [0.15, 0.2) is 24.3 Å². The van der Waals surface area contributed by atoms with Crippen LogP contribution in [0.3, 0.4) is 0 Å². The third-order valence-corrected chi connectivity index (χ3v) is 1.81. The van der Waals surface area contributed by atoms with Gasteiger partial charge in [0.15, 0.2) is 0 Å². The first-order valence-electron chi connectivity index (χ1n) is 3.85. The third kappa shape index (κ3) is 2.40. The van der Waals surface area contributed by atoms with Gasteiger partial charge in [-0.05, 0) is 19.1 Å². The van der Waals surface area contributed by atoms with Gasteiger partial charge in [0, 0.05) is 6.54 Å². The standard InChI is InChI=1S/C9H12ClNO/c1-7(6-11)12-9-5-3-2-4-8(9)10/h2-5,7H,6,11H2,1H3/t7-/m0/s1. The molecule has 1 aromatic rings. The molecule has 0 fully saturated rings. The maximum Gasteiger partial charge on any atom is 0.138 e. The molecule has 0 saturated carbocycles. The minimum Gasteiger partial charge on any atom is -0.488 e. The van der Waals surface area contributed by atoms with E-state index in [2.05, 4.69) is 0 Å². The monoisotopic (exact) mass is 185 g/mol. The highest BCUT2D eigenvalue weighted by molar-refractivity contribution is 6.32. The van der Waals surface area contributed by atoms with Crippen LogP contribution in [-0.2, 0) is 0 Å². The molecule has 0 spiro atoms. The molecule has 0 saturated heterocycles. The second-order valence-corrected chi connectivity index (χ2v) is 3.00. The number of nitrogens with two attached hydrogens (primary N) is 1. The zero-order chi connectivity index (χ0) is 8.97. The van der Waals surface area contributed by atoms with Gasteiger partial charge in [0.1, 0.15) is 11.9 Å². The lowest BCUT2D eigenvalue weighted by atomic mass is 10.3. The Bertz CT molecular complexity index is 252. The minimum absolute atomic E-state index is 0.00454. The molecule has 0 heterocycles. The van der Waals surface area contributed by atoms with E-state index in [1.165, 1.54) is 0 Å². The average molecular weight is 186 g/mol. The fourth-order valence-electron chi connectivity index (χ4n) is 0.805. The van der Waals surface area contributed by atoms with Crippen LogP contribution in [-0.4, -0.2) is 12.6 Å². The molecule has 0 unspecified atom stereocenters. The molecule has 0 bridgehead atoms. The molecule has 0 aliphatic rings. The Kier molecular flexibility index (Phi) is 3.38. The molecule has 3 heteroatoms. The van der Waals surface area contributed by atoms with Crippen molar-refractivity contribution >= 4 is 11.6 Å². The van der Waals surface area contributed by atoms with Crippen LogP contribution in [0, 0.1) is 0 Å². The van der Waals surface area contributed by atoms with Crippen LogP contribution >= 0.6 is 11.6 Å². The van der Waals surface area contributed by atoms with Crippen LogP contribution < -0.4 is 10.5 Å². The van der Waals surface area contributed by atoms with Crippen molar-refractivity contribution in [2.45, 2.75) is 13.0 Å². The Morgan fingerprint density at radius 2 is 2.17 bits per heavy atom. The van der Waals surface area contributed by atoms with E-state index in [0.717, 1.165) is 0 Å². The number of ether oxygens (including phenoxy) is 1. The first-order chi connectivity index (χ1) is 5.74. The molecule has 0 aliphatic carbocycles. The van der Waals surface area contributed by atoms with Crippen molar-refractivity contribution in [1.29, 1.82) is 0 Å². The zero-order valence-electron chi connectivity index (χ0n) is 6.96. The topological polar surface area (TPSA) is 35.2 Å². The first kappa shape index (κ1) is 9.36. The molecule has 0 radical (unpaired) electrons. The van der Waals surface area contributed by atoms with E-state index < -0.39 is 0 Å². The molecule has 1 aromatic carbocycles. The van der Waals surface area contributed by atoms with Gasteiger partial charge in [0.25, 0.3) is 0 Å². The van der Waals surface area contributed by atoms with E-state index >= 15 is 0 Å². The van der Waals surface area contributed by atoms with Gasteiger partial charge in [-0.1, -0.05) is 23.7 Å². The number of hydrogen-bond acceptors (Lipinski definition) is 2. The highest BCUT2D eigenvalue weighted by Crippen LogP contribution is 2.23. The fraction of sp³-hybridized carbons (Fsp3) is 0.333.